The molecular weight excluding hydrogens is 354 g/mol. The third-order valence-electron chi connectivity index (χ3n) is 3.97. The smallest absolute Gasteiger partial charge is 0.161 e. The van der Waals surface area contributed by atoms with Crippen LogP contribution in [0.2, 0.25) is 0 Å². The van der Waals surface area contributed by atoms with Gasteiger partial charge in [0.25, 0.3) is 0 Å². The lowest BCUT2D eigenvalue weighted by atomic mass is 10.00. The van der Waals surface area contributed by atoms with Gasteiger partial charge in [-0.05, 0) is 45.3 Å². The molecule has 0 spiro atoms. The summed E-state index contributed by atoms with van der Waals surface area (Å²) in [6.45, 7) is 2.31. The van der Waals surface area contributed by atoms with Crippen molar-refractivity contribution >= 4 is 27.8 Å². The fraction of sp³-hybridized carbons (Fsp3) is 0.211. The van der Waals surface area contributed by atoms with Crippen molar-refractivity contribution in [3.63, 3.8) is 0 Å². The summed E-state index contributed by atoms with van der Waals surface area (Å²) in [6, 6.07) is 15.6. The van der Waals surface area contributed by atoms with Gasteiger partial charge in [0.15, 0.2) is 5.78 Å². The van der Waals surface area contributed by atoms with E-state index in [2.05, 4.69) is 33.0 Å². The third kappa shape index (κ3) is 4.09. The summed E-state index contributed by atoms with van der Waals surface area (Å²) in [5.41, 5.74) is 3.00. The molecule has 0 bridgehead atoms. The number of Topliss-reactive ketones (excluding diaryl/α,β-unsaturated/α-hetero) is 1. The summed E-state index contributed by atoms with van der Waals surface area (Å²) in [4.78, 5) is 14.5. The standard InChI is InChI=1S/C19H18BrNO2/c20-17-11-15(6-7-19(17)23)10-16-13-21(9-8-18(16)22)12-14-4-2-1-3-5-14/h1-7,10-11,23H,8-9,12-13H2/b16-10+. The average molecular weight is 372 g/mol. The van der Waals surface area contributed by atoms with E-state index in [1.165, 1.54) is 5.56 Å². The largest absolute Gasteiger partial charge is 0.507 e. The Labute approximate surface area is 144 Å². The van der Waals surface area contributed by atoms with Gasteiger partial charge in [-0.1, -0.05) is 36.4 Å². The van der Waals surface area contributed by atoms with Crippen LogP contribution in [0.3, 0.4) is 0 Å². The molecule has 23 heavy (non-hydrogen) atoms. The number of hydrogen-bond donors (Lipinski definition) is 1. The van der Waals surface area contributed by atoms with Crippen LogP contribution in [0.4, 0.5) is 0 Å². The van der Waals surface area contributed by atoms with E-state index in [1.54, 1.807) is 6.07 Å². The van der Waals surface area contributed by atoms with Gasteiger partial charge in [0.1, 0.15) is 5.75 Å². The predicted octanol–water partition coefficient (Wildman–Crippen LogP) is 4.01. The Morgan fingerprint density at radius 1 is 1.17 bits per heavy atom. The maximum absolute atomic E-state index is 12.2. The molecular formula is C19H18BrNO2. The molecule has 0 aliphatic carbocycles. The second-order valence-electron chi connectivity index (χ2n) is 5.75. The van der Waals surface area contributed by atoms with Crippen LogP contribution in [0.5, 0.6) is 5.75 Å². The van der Waals surface area contributed by atoms with Gasteiger partial charge in [-0.3, -0.25) is 9.69 Å². The maximum atomic E-state index is 12.2. The number of rotatable bonds is 3. The third-order valence-corrected chi connectivity index (χ3v) is 4.60. The quantitative estimate of drug-likeness (QED) is 0.828. The lowest BCUT2D eigenvalue weighted by molar-refractivity contribution is -0.117. The average Bonchev–Trinajstić information content (AvgIpc) is 2.55. The molecule has 1 aliphatic heterocycles. The molecule has 0 amide bonds. The van der Waals surface area contributed by atoms with Crippen LogP contribution in [0.25, 0.3) is 6.08 Å². The highest BCUT2D eigenvalue weighted by Gasteiger charge is 2.21. The highest BCUT2D eigenvalue weighted by atomic mass is 79.9. The number of nitrogens with zero attached hydrogens (tertiary/aromatic N) is 1. The van der Waals surface area contributed by atoms with Gasteiger partial charge in [-0.25, -0.2) is 0 Å². The number of likely N-dealkylation sites (tertiary alicyclic amines) is 1. The zero-order chi connectivity index (χ0) is 16.2. The number of carbonyl (C=O) groups is 1. The van der Waals surface area contributed by atoms with Crippen LogP contribution in [0.1, 0.15) is 17.5 Å². The molecule has 4 heteroatoms. The van der Waals surface area contributed by atoms with Crippen molar-refractivity contribution in [1.29, 1.82) is 0 Å². The van der Waals surface area contributed by atoms with Gasteiger partial charge >= 0.3 is 0 Å². The molecule has 1 aliphatic rings. The molecule has 3 rings (SSSR count). The SMILES string of the molecule is O=C1CCN(Cc2ccccc2)C/C1=C\c1ccc(O)c(Br)c1. The van der Waals surface area contributed by atoms with Gasteiger partial charge < -0.3 is 5.11 Å². The maximum Gasteiger partial charge on any atom is 0.161 e. The molecule has 0 aromatic heterocycles. The van der Waals surface area contributed by atoms with Gasteiger partial charge in [0, 0.05) is 31.6 Å². The molecule has 0 atom stereocenters. The van der Waals surface area contributed by atoms with Crippen molar-refractivity contribution in [2.45, 2.75) is 13.0 Å². The van der Waals surface area contributed by atoms with Crippen molar-refractivity contribution in [3.8, 4) is 5.75 Å². The second kappa shape index (κ2) is 7.11. The Morgan fingerprint density at radius 2 is 1.96 bits per heavy atom. The lowest BCUT2D eigenvalue weighted by Gasteiger charge is -2.27. The van der Waals surface area contributed by atoms with Crippen LogP contribution < -0.4 is 0 Å². The van der Waals surface area contributed by atoms with E-state index in [9.17, 15) is 9.90 Å². The van der Waals surface area contributed by atoms with Crippen molar-refractivity contribution in [2.75, 3.05) is 13.1 Å². The first-order valence-corrected chi connectivity index (χ1v) is 8.40. The number of phenolic OH excluding ortho intramolecular Hbond substituents is 1. The molecule has 1 saturated heterocycles. The Morgan fingerprint density at radius 3 is 2.70 bits per heavy atom. The number of carbonyl (C=O) groups excluding carboxylic acids is 1. The summed E-state index contributed by atoms with van der Waals surface area (Å²) in [5.74, 6) is 0.409. The highest BCUT2D eigenvalue weighted by molar-refractivity contribution is 9.10. The molecule has 0 radical (unpaired) electrons. The number of piperidine rings is 1. The summed E-state index contributed by atoms with van der Waals surface area (Å²) in [5, 5.41) is 9.56. The molecule has 3 nitrogen and oxygen atoms in total. The van der Waals surface area contributed by atoms with E-state index >= 15 is 0 Å². The zero-order valence-corrected chi connectivity index (χ0v) is 14.3. The van der Waals surface area contributed by atoms with Crippen LogP contribution in [-0.2, 0) is 11.3 Å². The van der Waals surface area contributed by atoms with Gasteiger partial charge in [-0.2, -0.15) is 0 Å². The van der Waals surface area contributed by atoms with Gasteiger partial charge in [-0.15, -0.1) is 0 Å². The van der Waals surface area contributed by atoms with Crippen LogP contribution >= 0.6 is 15.9 Å². The first kappa shape index (κ1) is 16.0. The summed E-state index contributed by atoms with van der Waals surface area (Å²) in [6.07, 6.45) is 2.47. The van der Waals surface area contributed by atoms with E-state index in [4.69, 9.17) is 0 Å². The minimum Gasteiger partial charge on any atom is -0.507 e. The number of benzene rings is 2. The fourth-order valence-corrected chi connectivity index (χ4v) is 3.14. The first-order valence-electron chi connectivity index (χ1n) is 7.60. The molecule has 1 fully saturated rings. The predicted molar refractivity (Wildman–Crippen MR) is 95.1 cm³/mol. The van der Waals surface area contributed by atoms with Crippen molar-refractivity contribution in [1.82, 2.24) is 4.90 Å². The molecule has 118 valence electrons. The van der Waals surface area contributed by atoms with Gasteiger partial charge in [0.05, 0.1) is 4.47 Å². The Hall–Kier alpha value is -1.91. The molecule has 2 aromatic rings. The summed E-state index contributed by atoms with van der Waals surface area (Å²) in [7, 11) is 0. The normalized spacial score (nSPS) is 17.6. The Kier molecular flexibility index (Phi) is 4.94. The van der Waals surface area contributed by atoms with E-state index in [0.717, 1.165) is 24.2 Å². The van der Waals surface area contributed by atoms with E-state index < -0.39 is 0 Å². The van der Waals surface area contributed by atoms with E-state index in [0.29, 0.717) is 17.4 Å². The molecule has 1 N–H and O–H groups in total. The number of hydrogen-bond acceptors (Lipinski definition) is 3. The van der Waals surface area contributed by atoms with Crippen LogP contribution in [0, 0.1) is 0 Å². The minimum atomic E-state index is 0.202. The number of aromatic hydroxyl groups is 1. The fourth-order valence-electron chi connectivity index (χ4n) is 2.75. The minimum absolute atomic E-state index is 0.202. The Bertz CT molecular complexity index is 740. The molecule has 0 saturated carbocycles. The molecule has 2 aromatic carbocycles. The van der Waals surface area contributed by atoms with Gasteiger partial charge in [0.2, 0.25) is 0 Å². The topological polar surface area (TPSA) is 40.5 Å². The monoisotopic (exact) mass is 371 g/mol. The van der Waals surface area contributed by atoms with Crippen LogP contribution in [-0.4, -0.2) is 28.9 Å². The van der Waals surface area contributed by atoms with E-state index in [1.807, 2.05) is 36.4 Å². The summed E-state index contributed by atoms with van der Waals surface area (Å²) < 4.78 is 0.635. The van der Waals surface area contributed by atoms with Crippen molar-refractivity contribution in [3.05, 3.63) is 69.7 Å². The molecule has 0 unspecified atom stereocenters. The Balaban J connectivity index is 1.76. The van der Waals surface area contributed by atoms with E-state index in [-0.39, 0.29) is 11.5 Å². The lowest BCUT2D eigenvalue weighted by Crippen LogP contribution is -2.35. The second-order valence-corrected chi connectivity index (χ2v) is 6.60. The number of halogens is 1. The first-order chi connectivity index (χ1) is 11.1. The number of phenols is 1. The number of ketones is 1. The van der Waals surface area contributed by atoms with Crippen molar-refractivity contribution < 1.29 is 9.90 Å². The highest BCUT2D eigenvalue weighted by Crippen LogP contribution is 2.26. The molecule has 1 heterocycles. The van der Waals surface area contributed by atoms with Crippen LogP contribution in [0.15, 0.2) is 58.6 Å². The zero-order valence-electron chi connectivity index (χ0n) is 12.7. The van der Waals surface area contributed by atoms with Crippen molar-refractivity contribution in [2.24, 2.45) is 0 Å². The summed E-state index contributed by atoms with van der Waals surface area (Å²) >= 11 is 3.31.